The second kappa shape index (κ2) is 6.28. The highest BCUT2D eigenvalue weighted by Gasteiger charge is 2.07. The lowest BCUT2D eigenvalue weighted by Crippen LogP contribution is -1.91. The molecule has 0 saturated heterocycles. The van der Waals surface area contributed by atoms with Gasteiger partial charge < -0.3 is 5.73 Å². The van der Waals surface area contributed by atoms with Gasteiger partial charge in [0.2, 0.25) is 0 Å². The molecule has 0 unspecified atom stereocenters. The van der Waals surface area contributed by atoms with Crippen LogP contribution in [0.5, 0.6) is 0 Å². The van der Waals surface area contributed by atoms with E-state index in [1.165, 1.54) is 4.90 Å². The predicted octanol–water partition coefficient (Wildman–Crippen LogP) is 4.39. The molecule has 0 bridgehead atoms. The van der Waals surface area contributed by atoms with Gasteiger partial charge in [-0.2, -0.15) is 0 Å². The Morgan fingerprint density at radius 1 is 1.19 bits per heavy atom. The summed E-state index contributed by atoms with van der Waals surface area (Å²) in [6, 6.07) is 11.9. The lowest BCUT2D eigenvalue weighted by molar-refractivity contribution is 1.20. The van der Waals surface area contributed by atoms with E-state index in [-0.39, 0.29) is 0 Å². The lowest BCUT2D eigenvalue weighted by Gasteiger charge is -2.06. The van der Waals surface area contributed by atoms with Crippen LogP contribution in [-0.4, -0.2) is 9.97 Å². The molecule has 2 aromatic heterocycles. The normalized spacial score (nSPS) is 10.7. The summed E-state index contributed by atoms with van der Waals surface area (Å²) < 4.78 is 0. The minimum atomic E-state index is 0.840. The Morgan fingerprint density at radius 3 is 2.90 bits per heavy atom. The van der Waals surface area contributed by atoms with Gasteiger partial charge in [0.1, 0.15) is 5.01 Å². The first-order valence-electron chi connectivity index (χ1n) is 6.58. The molecule has 2 heterocycles. The zero-order chi connectivity index (χ0) is 14.7. The number of thiazole rings is 1. The van der Waals surface area contributed by atoms with Crippen molar-refractivity contribution in [2.45, 2.75) is 17.6 Å². The highest BCUT2D eigenvalue weighted by Crippen LogP contribution is 2.30. The maximum atomic E-state index is 5.93. The van der Waals surface area contributed by atoms with Crippen molar-refractivity contribution in [2.75, 3.05) is 5.73 Å². The van der Waals surface area contributed by atoms with E-state index in [4.69, 9.17) is 5.73 Å². The standard InChI is InChI=1S/C16H15N3S2/c1-11-13(17)5-4-7-15(11)20-9-12-10-21-16(19-12)14-6-2-3-8-18-14/h2-8,10H,9,17H2,1H3. The van der Waals surface area contributed by atoms with Gasteiger partial charge in [-0.05, 0) is 36.8 Å². The average Bonchev–Trinajstić information content (AvgIpc) is 2.99. The van der Waals surface area contributed by atoms with E-state index in [0.29, 0.717) is 0 Å². The van der Waals surface area contributed by atoms with Crippen LogP contribution < -0.4 is 5.73 Å². The van der Waals surface area contributed by atoms with E-state index in [2.05, 4.69) is 28.3 Å². The molecule has 0 aliphatic carbocycles. The number of hydrogen-bond acceptors (Lipinski definition) is 5. The lowest BCUT2D eigenvalue weighted by atomic mass is 10.2. The number of benzene rings is 1. The number of nitrogens with two attached hydrogens (primary N) is 1. The molecule has 21 heavy (non-hydrogen) atoms. The molecular formula is C16H15N3S2. The Balaban J connectivity index is 1.72. The fourth-order valence-electron chi connectivity index (χ4n) is 1.92. The first kappa shape index (κ1) is 14.1. The molecule has 2 N–H and O–H groups in total. The molecule has 0 radical (unpaired) electrons. The molecule has 3 aromatic rings. The van der Waals surface area contributed by atoms with Gasteiger partial charge in [-0.15, -0.1) is 23.1 Å². The van der Waals surface area contributed by atoms with E-state index in [1.54, 1.807) is 29.3 Å². The zero-order valence-electron chi connectivity index (χ0n) is 11.6. The quantitative estimate of drug-likeness (QED) is 0.573. The second-order valence-electron chi connectivity index (χ2n) is 4.62. The van der Waals surface area contributed by atoms with Gasteiger partial charge in [0, 0.05) is 27.9 Å². The third-order valence-electron chi connectivity index (χ3n) is 3.14. The van der Waals surface area contributed by atoms with Crippen LogP contribution in [0.4, 0.5) is 5.69 Å². The molecule has 1 aromatic carbocycles. The molecule has 0 aliphatic rings. The topological polar surface area (TPSA) is 51.8 Å². The zero-order valence-corrected chi connectivity index (χ0v) is 13.2. The summed E-state index contributed by atoms with van der Waals surface area (Å²) in [7, 11) is 0. The van der Waals surface area contributed by atoms with Crippen molar-refractivity contribution in [1.82, 2.24) is 9.97 Å². The van der Waals surface area contributed by atoms with Crippen LogP contribution in [0.15, 0.2) is 52.9 Å². The fraction of sp³-hybridized carbons (Fsp3) is 0.125. The van der Waals surface area contributed by atoms with Gasteiger partial charge in [0.05, 0.1) is 11.4 Å². The molecule has 0 spiro atoms. The number of nitrogen functional groups attached to an aromatic ring is 1. The molecular weight excluding hydrogens is 298 g/mol. The number of pyridine rings is 1. The maximum absolute atomic E-state index is 5.93. The Labute approximate surface area is 132 Å². The van der Waals surface area contributed by atoms with Crippen LogP contribution in [0.3, 0.4) is 0 Å². The predicted molar refractivity (Wildman–Crippen MR) is 90.5 cm³/mol. The van der Waals surface area contributed by atoms with Crippen molar-refractivity contribution in [2.24, 2.45) is 0 Å². The Hall–Kier alpha value is -1.85. The van der Waals surface area contributed by atoms with Crippen molar-refractivity contribution >= 4 is 28.8 Å². The third-order valence-corrected chi connectivity index (χ3v) is 5.24. The van der Waals surface area contributed by atoms with Crippen LogP contribution in [0, 0.1) is 6.92 Å². The minimum absolute atomic E-state index is 0.840. The molecule has 0 fully saturated rings. The van der Waals surface area contributed by atoms with E-state index in [0.717, 1.165) is 33.4 Å². The SMILES string of the molecule is Cc1c(N)cccc1SCc1csc(-c2ccccn2)n1. The summed E-state index contributed by atoms with van der Waals surface area (Å²) in [5, 5.41) is 3.06. The van der Waals surface area contributed by atoms with E-state index in [9.17, 15) is 0 Å². The largest absolute Gasteiger partial charge is 0.398 e. The van der Waals surface area contributed by atoms with Gasteiger partial charge in [-0.25, -0.2) is 4.98 Å². The Morgan fingerprint density at radius 2 is 2.10 bits per heavy atom. The summed E-state index contributed by atoms with van der Waals surface area (Å²) in [5.74, 6) is 0.841. The van der Waals surface area contributed by atoms with Crippen LogP contribution in [0.2, 0.25) is 0 Å². The molecule has 3 nitrogen and oxygen atoms in total. The molecule has 5 heteroatoms. The monoisotopic (exact) mass is 313 g/mol. The molecule has 0 aliphatic heterocycles. The van der Waals surface area contributed by atoms with Crippen molar-refractivity contribution < 1.29 is 0 Å². The highest BCUT2D eigenvalue weighted by atomic mass is 32.2. The molecule has 106 valence electrons. The van der Waals surface area contributed by atoms with Crippen molar-refractivity contribution in [1.29, 1.82) is 0 Å². The molecule has 0 saturated carbocycles. The highest BCUT2D eigenvalue weighted by molar-refractivity contribution is 7.98. The smallest absolute Gasteiger partial charge is 0.142 e. The van der Waals surface area contributed by atoms with Crippen LogP contribution in [0.25, 0.3) is 10.7 Å². The molecule has 3 rings (SSSR count). The molecule has 0 amide bonds. The van der Waals surface area contributed by atoms with Crippen LogP contribution in [-0.2, 0) is 5.75 Å². The number of hydrogen-bond donors (Lipinski definition) is 1. The van der Waals surface area contributed by atoms with Gasteiger partial charge in [-0.3, -0.25) is 4.98 Å². The fourth-order valence-corrected chi connectivity index (χ4v) is 3.78. The third kappa shape index (κ3) is 3.25. The van der Waals surface area contributed by atoms with Gasteiger partial charge in [0.25, 0.3) is 0 Å². The maximum Gasteiger partial charge on any atom is 0.142 e. The number of thioether (sulfide) groups is 1. The Bertz CT molecular complexity index is 738. The summed E-state index contributed by atoms with van der Waals surface area (Å²) in [5.41, 5.74) is 9.92. The van der Waals surface area contributed by atoms with Crippen molar-refractivity contribution in [3.8, 4) is 10.7 Å². The summed E-state index contributed by atoms with van der Waals surface area (Å²) >= 11 is 3.40. The van der Waals surface area contributed by atoms with E-state index in [1.807, 2.05) is 30.3 Å². The number of aromatic nitrogens is 2. The van der Waals surface area contributed by atoms with Crippen LogP contribution in [0.1, 0.15) is 11.3 Å². The number of rotatable bonds is 4. The average molecular weight is 313 g/mol. The van der Waals surface area contributed by atoms with Crippen molar-refractivity contribution in [3.63, 3.8) is 0 Å². The first-order chi connectivity index (χ1) is 10.2. The van der Waals surface area contributed by atoms with E-state index < -0.39 is 0 Å². The summed E-state index contributed by atoms with van der Waals surface area (Å²) in [6.45, 7) is 2.05. The summed E-state index contributed by atoms with van der Waals surface area (Å²) in [4.78, 5) is 10.2. The first-order valence-corrected chi connectivity index (χ1v) is 8.44. The van der Waals surface area contributed by atoms with E-state index >= 15 is 0 Å². The second-order valence-corrected chi connectivity index (χ2v) is 6.49. The van der Waals surface area contributed by atoms with Crippen LogP contribution >= 0.6 is 23.1 Å². The number of nitrogens with zero attached hydrogens (tertiary/aromatic N) is 2. The van der Waals surface area contributed by atoms with Gasteiger partial charge >= 0.3 is 0 Å². The summed E-state index contributed by atoms with van der Waals surface area (Å²) in [6.07, 6.45) is 1.79. The Kier molecular flexibility index (Phi) is 4.22. The molecule has 0 atom stereocenters. The van der Waals surface area contributed by atoms with Gasteiger partial charge in [-0.1, -0.05) is 12.1 Å². The van der Waals surface area contributed by atoms with Crippen molar-refractivity contribution in [3.05, 3.63) is 59.2 Å². The van der Waals surface area contributed by atoms with Gasteiger partial charge in [0.15, 0.2) is 0 Å². The number of anilines is 1. The minimum Gasteiger partial charge on any atom is -0.398 e.